The van der Waals surface area contributed by atoms with Gasteiger partial charge in [0.2, 0.25) is 0 Å². The molecule has 1 atom stereocenters. The zero-order valence-corrected chi connectivity index (χ0v) is 24.4. The Bertz CT molecular complexity index is 1270. The molecule has 3 rings (SSSR count). The van der Waals surface area contributed by atoms with Gasteiger partial charge in [0.25, 0.3) is 0 Å². The lowest BCUT2D eigenvalue weighted by Crippen LogP contribution is -2.38. The van der Waals surface area contributed by atoms with E-state index >= 15 is 0 Å². The lowest BCUT2D eigenvalue weighted by atomic mass is 9.92. The van der Waals surface area contributed by atoms with Crippen molar-refractivity contribution < 1.29 is 19.4 Å². The molecule has 214 valence electrons. The quantitative estimate of drug-likeness (QED) is 0.136. The van der Waals surface area contributed by atoms with Gasteiger partial charge in [-0.15, -0.1) is 0 Å². The number of phenols is 1. The van der Waals surface area contributed by atoms with Crippen LogP contribution in [0.25, 0.3) is 6.08 Å². The van der Waals surface area contributed by atoms with E-state index in [0.717, 1.165) is 54.4 Å². The van der Waals surface area contributed by atoms with Crippen molar-refractivity contribution in [2.45, 2.75) is 84.7 Å². The van der Waals surface area contributed by atoms with Gasteiger partial charge in [0.15, 0.2) is 17.3 Å². The fourth-order valence-electron chi connectivity index (χ4n) is 5.11. The number of rotatable bonds is 15. The minimum atomic E-state index is -0.282. The summed E-state index contributed by atoms with van der Waals surface area (Å²) >= 11 is 0. The molecular weight excluding hydrogens is 500 g/mol. The number of dihydropyridines is 1. The van der Waals surface area contributed by atoms with Crippen LogP contribution < -0.4 is 15.8 Å². The molecule has 2 aromatic carbocycles. The number of hydrogen-bond donors (Lipinski definition) is 3. The van der Waals surface area contributed by atoms with E-state index in [9.17, 15) is 14.7 Å². The fraction of sp³-hybridized carbons (Fsp3) is 0.412. The monoisotopic (exact) mass is 544 g/mol. The van der Waals surface area contributed by atoms with Gasteiger partial charge >= 0.3 is 0 Å². The van der Waals surface area contributed by atoms with Gasteiger partial charge in [-0.1, -0.05) is 74.1 Å². The SMILES string of the molecule is CCCCCCCC(=O)CC(=O)C=Cc1cc(OC)c(O)cc1CC1=CNC(N)C(Cc2cc(C)cc(C)c2)=C1. The normalized spacial score (nSPS) is 15.0. The zero-order chi connectivity index (χ0) is 29.1. The number of methoxy groups -OCH3 is 1. The zero-order valence-electron chi connectivity index (χ0n) is 24.4. The van der Waals surface area contributed by atoms with E-state index in [0.29, 0.717) is 18.6 Å². The van der Waals surface area contributed by atoms with Crippen molar-refractivity contribution in [1.82, 2.24) is 5.32 Å². The number of unbranched alkanes of at least 4 members (excludes halogenated alkanes) is 4. The van der Waals surface area contributed by atoms with E-state index in [1.54, 1.807) is 18.2 Å². The Morgan fingerprint density at radius 3 is 2.45 bits per heavy atom. The van der Waals surface area contributed by atoms with Crippen molar-refractivity contribution in [1.29, 1.82) is 0 Å². The number of Topliss-reactive ketones (excluding diaryl/α,β-unsaturated/α-hetero) is 1. The number of carbonyl (C=O) groups is 2. The van der Waals surface area contributed by atoms with Crippen molar-refractivity contribution in [3.63, 3.8) is 0 Å². The summed E-state index contributed by atoms with van der Waals surface area (Å²) in [6.07, 6.45) is 13.8. The first-order chi connectivity index (χ1) is 19.2. The van der Waals surface area contributed by atoms with Crippen LogP contribution in [0.2, 0.25) is 0 Å². The van der Waals surface area contributed by atoms with Crippen molar-refractivity contribution >= 4 is 17.6 Å². The van der Waals surface area contributed by atoms with Crippen LogP contribution >= 0.6 is 0 Å². The molecule has 6 heteroatoms. The number of aryl methyl sites for hydroxylation is 2. The van der Waals surface area contributed by atoms with Gasteiger partial charge < -0.3 is 20.9 Å². The van der Waals surface area contributed by atoms with E-state index in [1.807, 2.05) is 6.20 Å². The highest BCUT2D eigenvalue weighted by molar-refractivity contribution is 6.06. The van der Waals surface area contributed by atoms with Crippen LogP contribution in [-0.4, -0.2) is 29.9 Å². The maximum Gasteiger partial charge on any atom is 0.163 e. The number of nitrogens with two attached hydrogens (primary N) is 1. The predicted molar refractivity (Wildman–Crippen MR) is 162 cm³/mol. The van der Waals surface area contributed by atoms with Gasteiger partial charge in [0, 0.05) is 12.6 Å². The Balaban J connectivity index is 1.73. The second-order valence-corrected chi connectivity index (χ2v) is 10.8. The van der Waals surface area contributed by atoms with Gasteiger partial charge in [-0.05, 0) is 79.2 Å². The molecule has 40 heavy (non-hydrogen) atoms. The largest absolute Gasteiger partial charge is 0.504 e. The number of carbonyl (C=O) groups excluding carboxylic acids is 2. The highest BCUT2D eigenvalue weighted by atomic mass is 16.5. The molecule has 0 aliphatic carbocycles. The van der Waals surface area contributed by atoms with E-state index in [4.69, 9.17) is 10.5 Å². The number of phenolic OH excluding ortho intramolecular Hbond substituents is 1. The molecule has 1 heterocycles. The van der Waals surface area contributed by atoms with Crippen molar-refractivity contribution in [3.05, 3.63) is 87.6 Å². The molecule has 1 unspecified atom stereocenters. The van der Waals surface area contributed by atoms with Gasteiger partial charge in [0.05, 0.1) is 19.7 Å². The van der Waals surface area contributed by atoms with E-state index in [1.165, 1.54) is 36.3 Å². The maximum absolute atomic E-state index is 12.6. The third-order valence-electron chi connectivity index (χ3n) is 7.12. The van der Waals surface area contributed by atoms with Crippen molar-refractivity contribution in [2.75, 3.05) is 7.11 Å². The molecule has 0 bridgehead atoms. The highest BCUT2D eigenvalue weighted by Crippen LogP contribution is 2.32. The van der Waals surface area contributed by atoms with Gasteiger partial charge in [-0.25, -0.2) is 0 Å². The predicted octanol–water partition coefficient (Wildman–Crippen LogP) is 6.40. The molecule has 1 aliphatic heterocycles. The number of ether oxygens (including phenoxy) is 1. The third kappa shape index (κ3) is 9.53. The number of aromatic hydroxyl groups is 1. The van der Waals surface area contributed by atoms with Crippen molar-refractivity contribution in [2.24, 2.45) is 5.73 Å². The number of allylic oxidation sites excluding steroid dienone is 3. The Kier molecular flexibility index (Phi) is 11.8. The molecular formula is C34H44N2O4. The molecule has 0 amide bonds. The molecule has 4 N–H and O–H groups in total. The molecule has 0 radical (unpaired) electrons. The minimum absolute atomic E-state index is 0.0223. The first-order valence-electron chi connectivity index (χ1n) is 14.3. The van der Waals surface area contributed by atoms with Crippen LogP contribution in [-0.2, 0) is 22.4 Å². The van der Waals surface area contributed by atoms with Crippen LogP contribution in [0.3, 0.4) is 0 Å². The van der Waals surface area contributed by atoms with E-state index in [-0.39, 0.29) is 29.9 Å². The number of ketones is 2. The standard InChI is InChI=1S/C34H44N2O4/c1-5-6-7-8-9-10-30(37)21-31(38)12-11-27-20-33(40-4)32(39)19-28(27)17-26-18-29(34(35)36-22-26)16-25-14-23(2)13-24(3)15-25/h11-15,18-20,22,34,36,39H,5-10,16-17,21,35H2,1-4H3. The Morgan fingerprint density at radius 1 is 1.02 bits per heavy atom. The lowest BCUT2D eigenvalue weighted by molar-refractivity contribution is -0.124. The van der Waals surface area contributed by atoms with Crippen LogP contribution in [0.4, 0.5) is 0 Å². The molecule has 0 saturated carbocycles. The summed E-state index contributed by atoms with van der Waals surface area (Å²) in [6, 6.07) is 9.89. The highest BCUT2D eigenvalue weighted by Gasteiger charge is 2.17. The topological polar surface area (TPSA) is 102 Å². The van der Waals surface area contributed by atoms with Crippen LogP contribution in [0, 0.1) is 13.8 Å². The van der Waals surface area contributed by atoms with Gasteiger partial charge in [0.1, 0.15) is 5.78 Å². The molecule has 0 saturated heterocycles. The Morgan fingerprint density at radius 2 is 1.75 bits per heavy atom. The third-order valence-corrected chi connectivity index (χ3v) is 7.12. The van der Waals surface area contributed by atoms with Crippen molar-refractivity contribution in [3.8, 4) is 11.5 Å². The second-order valence-electron chi connectivity index (χ2n) is 10.8. The van der Waals surface area contributed by atoms with E-state index < -0.39 is 0 Å². The minimum Gasteiger partial charge on any atom is -0.504 e. The first kappa shape index (κ1) is 30.9. The number of benzene rings is 2. The molecule has 2 aromatic rings. The molecule has 1 aliphatic rings. The summed E-state index contributed by atoms with van der Waals surface area (Å²) in [7, 11) is 1.49. The number of hydrogen-bond acceptors (Lipinski definition) is 6. The second kappa shape index (κ2) is 15.2. The van der Waals surface area contributed by atoms with Crippen LogP contribution in [0.5, 0.6) is 11.5 Å². The Hall–Kier alpha value is -3.64. The summed E-state index contributed by atoms with van der Waals surface area (Å²) in [5.74, 6) is 0.102. The molecule has 6 nitrogen and oxygen atoms in total. The van der Waals surface area contributed by atoms with Gasteiger partial charge in [-0.2, -0.15) is 0 Å². The first-order valence-corrected chi connectivity index (χ1v) is 14.3. The summed E-state index contributed by atoms with van der Waals surface area (Å²) in [5.41, 5.74) is 13.7. The van der Waals surface area contributed by atoms with Crippen LogP contribution in [0.1, 0.15) is 79.7 Å². The van der Waals surface area contributed by atoms with E-state index in [2.05, 4.69) is 50.4 Å². The maximum atomic E-state index is 12.6. The smallest absolute Gasteiger partial charge is 0.163 e. The summed E-state index contributed by atoms with van der Waals surface area (Å²) < 4.78 is 5.31. The average molecular weight is 545 g/mol. The lowest BCUT2D eigenvalue weighted by Gasteiger charge is -2.23. The molecule has 0 aromatic heterocycles. The van der Waals surface area contributed by atoms with Crippen LogP contribution in [0.15, 0.2) is 59.8 Å². The summed E-state index contributed by atoms with van der Waals surface area (Å²) in [5, 5.41) is 13.7. The summed E-state index contributed by atoms with van der Waals surface area (Å²) in [6.45, 7) is 6.34. The Labute approximate surface area is 239 Å². The van der Waals surface area contributed by atoms with Gasteiger partial charge in [-0.3, -0.25) is 9.59 Å². The number of nitrogens with one attached hydrogen (secondary N) is 1. The average Bonchev–Trinajstić information content (AvgIpc) is 2.89. The fourth-order valence-corrected chi connectivity index (χ4v) is 5.11. The summed E-state index contributed by atoms with van der Waals surface area (Å²) in [4.78, 5) is 24.8. The molecule has 0 fully saturated rings. The molecule has 0 spiro atoms.